The van der Waals surface area contributed by atoms with Gasteiger partial charge >= 0.3 is 0 Å². The zero-order valence-electron chi connectivity index (χ0n) is 8.78. The van der Waals surface area contributed by atoms with Gasteiger partial charge in [0.25, 0.3) is 5.97 Å². The normalized spacial score (nSPS) is 12.0. The molecule has 1 unspecified atom stereocenters. The molecule has 3 N–H and O–H groups in total. The molecule has 4 heteroatoms. The molecule has 1 atom stereocenters. The van der Waals surface area contributed by atoms with Crippen molar-refractivity contribution in [1.29, 1.82) is 0 Å². The van der Waals surface area contributed by atoms with E-state index in [9.17, 15) is 0 Å². The van der Waals surface area contributed by atoms with Crippen molar-refractivity contribution in [1.82, 2.24) is 0 Å². The zero-order valence-corrected chi connectivity index (χ0v) is 9.94. The Morgan fingerprint density at radius 1 is 0.714 bits per heavy atom. The Kier molecular flexibility index (Phi) is 8.80. The largest absolute Gasteiger partial charge is 0.344 e. The smallest absolute Gasteiger partial charge is 0.275 e. The highest BCUT2D eigenvalue weighted by atomic mass is 31.0. The van der Waals surface area contributed by atoms with E-state index in [4.69, 9.17) is 15.3 Å². The Morgan fingerprint density at radius 3 is 1.57 bits per heavy atom. The van der Waals surface area contributed by atoms with Gasteiger partial charge in [0.15, 0.2) is 0 Å². The minimum Gasteiger partial charge on any atom is -0.344 e. The van der Waals surface area contributed by atoms with Crippen molar-refractivity contribution in [2.45, 2.75) is 57.3 Å². The van der Waals surface area contributed by atoms with Crippen molar-refractivity contribution in [3.8, 4) is 0 Å². The first-order valence-corrected chi connectivity index (χ1v) is 6.25. The van der Waals surface area contributed by atoms with E-state index in [2.05, 4.69) is 9.24 Å². The quantitative estimate of drug-likeness (QED) is 0.315. The Morgan fingerprint density at radius 2 is 1.14 bits per heavy atom. The van der Waals surface area contributed by atoms with Crippen LogP contribution in [0.5, 0.6) is 0 Å². The molecule has 0 aliphatic rings. The number of aliphatic hydroxyl groups is 3. The fourth-order valence-corrected chi connectivity index (χ4v) is 1.68. The summed E-state index contributed by atoms with van der Waals surface area (Å²) in [6.45, 7) is 0. The van der Waals surface area contributed by atoms with Crippen LogP contribution in [0.4, 0.5) is 0 Å². The van der Waals surface area contributed by atoms with Crippen LogP contribution in [0.3, 0.4) is 0 Å². The van der Waals surface area contributed by atoms with Crippen LogP contribution < -0.4 is 0 Å². The van der Waals surface area contributed by atoms with Gasteiger partial charge in [0, 0.05) is 6.42 Å². The Hall–Kier alpha value is 0.310. The van der Waals surface area contributed by atoms with Crippen molar-refractivity contribution in [2.75, 3.05) is 6.16 Å². The van der Waals surface area contributed by atoms with E-state index in [1.165, 1.54) is 31.8 Å². The summed E-state index contributed by atoms with van der Waals surface area (Å²) >= 11 is 0. The van der Waals surface area contributed by atoms with Crippen molar-refractivity contribution in [3.05, 3.63) is 0 Å². The van der Waals surface area contributed by atoms with Crippen LogP contribution >= 0.6 is 9.24 Å². The number of unbranched alkanes of at least 4 members (excludes halogenated alkanes) is 6. The van der Waals surface area contributed by atoms with Gasteiger partial charge in [-0.05, 0) is 19.0 Å². The summed E-state index contributed by atoms with van der Waals surface area (Å²) in [5, 5.41) is 25.8. The molecule has 14 heavy (non-hydrogen) atoms. The van der Waals surface area contributed by atoms with Gasteiger partial charge in [0.1, 0.15) is 0 Å². The molecule has 0 heterocycles. The van der Waals surface area contributed by atoms with E-state index < -0.39 is 5.97 Å². The van der Waals surface area contributed by atoms with Gasteiger partial charge in [-0.3, -0.25) is 0 Å². The highest BCUT2D eigenvalue weighted by Gasteiger charge is 2.16. The minimum absolute atomic E-state index is 0.0542. The second kappa shape index (κ2) is 8.60. The van der Waals surface area contributed by atoms with Gasteiger partial charge in [-0.1, -0.05) is 32.1 Å². The fraction of sp³-hybridized carbons (Fsp3) is 1.00. The molecule has 0 aromatic carbocycles. The predicted octanol–water partition coefficient (Wildman–Crippen LogP) is 1.61. The maximum absolute atomic E-state index is 8.60. The van der Waals surface area contributed by atoms with E-state index >= 15 is 0 Å². The van der Waals surface area contributed by atoms with Crippen molar-refractivity contribution < 1.29 is 15.3 Å². The van der Waals surface area contributed by atoms with E-state index in [1.807, 2.05) is 0 Å². The van der Waals surface area contributed by atoms with Gasteiger partial charge in [0.05, 0.1) is 0 Å². The zero-order chi connectivity index (χ0) is 10.9. The lowest BCUT2D eigenvalue weighted by Gasteiger charge is -2.12. The Labute approximate surface area is 88.7 Å². The van der Waals surface area contributed by atoms with Gasteiger partial charge in [-0.15, -0.1) is 9.24 Å². The fourth-order valence-electron chi connectivity index (χ4n) is 1.39. The molecular weight excluding hydrogens is 199 g/mol. The van der Waals surface area contributed by atoms with Crippen LogP contribution in [0.15, 0.2) is 0 Å². The second-order valence-corrected chi connectivity index (χ2v) is 4.37. The third-order valence-corrected chi connectivity index (χ3v) is 2.62. The summed E-state index contributed by atoms with van der Waals surface area (Å²) in [6.07, 6.45) is 9.02. The van der Waals surface area contributed by atoms with Crippen LogP contribution in [0.2, 0.25) is 0 Å². The van der Waals surface area contributed by atoms with Gasteiger partial charge in [-0.2, -0.15) is 0 Å². The molecule has 0 spiro atoms. The lowest BCUT2D eigenvalue weighted by atomic mass is 10.1. The topological polar surface area (TPSA) is 60.7 Å². The minimum atomic E-state index is -2.46. The average molecular weight is 222 g/mol. The molecule has 0 radical (unpaired) electrons. The highest BCUT2D eigenvalue weighted by Crippen LogP contribution is 2.12. The molecule has 0 aromatic rings. The van der Waals surface area contributed by atoms with E-state index in [0.29, 0.717) is 6.42 Å². The summed E-state index contributed by atoms with van der Waals surface area (Å²) in [7, 11) is 2.72. The van der Waals surface area contributed by atoms with E-state index in [0.717, 1.165) is 12.8 Å². The molecule has 0 amide bonds. The maximum atomic E-state index is 8.60. The predicted molar refractivity (Wildman–Crippen MR) is 60.9 cm³/mol. The van der Waals surface area contributed by atoms with Gasteiger partial charge in [-0.25, -0.2) is 0 Å². The molecule has 3 nitrogen and oxygen atoms in total. The van der Waals surface area contributed by atoms with Crippen LogP contribution in [-0.4, -0.2) is 27.5 Å². The Bertz CT molecular complexity index is 123. The average Bonchev–Trinajstić information content (AvgIpc) is 2.08. The molecule has 0 rings (SSSR count). The maximum Gasteiger partial charge on any atom is 0.275 e. The van der Waals surface area contributed by atoms with Crippen molar-refractivity contribution in [2.24, 2.45) is 0 Å². The first-order valence-electron chi connectivity index (χ1n) is 5.43. The number of hydrogen-bond acceptors (Lipinski definition) is 3. The van der Waals surface area contributed by atoms with Crippen molar-refractivity contribution >= 4 is 9.24 Å². The van der Waals surface area contributed by atoms with Crippen molar-refractivity contribution in [3.63, 3.8) is 0 Å². The van der Waals surface area contributed by atoms with Crippen LogP contribution in [0.1, 0.15) is 51.4 Å². The summed E-state index contributed by atoms with van der Waals surface area (Å²) < 4.78 is 0. The number of rotatable bonds is 9. The molecule has 0 aliphatic carbocycles. The number of hydrogen-bond donors (Lipinski definition) is 3. The molecule has 0 bridgehead atoms. The third kappa shape index (κ3) is 12.3. The molecular formula is C10H23O3P. The molecule has 0 saturated heterocycles. The molecule has 0 fully saturated rings. The lowest BCUT2D eigenvalue weighted by Crippen LogP contribution is -2.26. The molecule has 86 valence electrons. The van der Waals surface area contributed by atoms with Crippen LogP contribution in [-0.2, 0) is 0 Å². The monoisotopic (exact) mass is 222 g/mol. The molecule has 0 aromatic heterocycles. The lowest BCUT2D eigenvalue weighted by molar-refractivity contribution is -0.315. The van der Waals surface area contributed by atoms with Crippen LogP contribution in [0, 0.1) is 0 Å². The van der Waals surface area contributed by atoms with E-state index in [-0.39, 0.29) is 6.42 Å². The van der Waals surface area contributed by atoms with Gasteiger partial charge in [0.2, 0.25) is 0 Å². The van der Waals surface area contributed by atoms with Crippen LogP contribution in [0.25, 0.3) is 0 Å². The Balaban J connectivity index is 2.99. The second-order valence-electron chi connectivity index (χ2n) is 3.79. The summed E-state index contributed by atoms with van der Waals surface area (Å²) in [5.41, 5.74) is 0. The molecule has 0 aliphatic heterocycles. The summed E-state index contributed by atoms with van der Waals surface area (Å²) in [5.74, 6) is -2.46. The highest BCUT2D eigenvalue weighted by molar-refractivity contribution is 7.16. The molecule has 0 saturated carbocycles. The SMILES string of the molecule is OC(O)(O)CCCCCCCCCP. The van der Waals surface area contributed by atoms with Gasteiger partial charge < -0.3 is 15.3 Å². The first-order chi connectivity index (χ1) is 6.56. The summed E-state index contributed by atoms with van der Waals surface area (Å²) in [6, 6.07) is 0. The van der Waals surface area contributed by atoms with E-state index in [1.54, 1.807) is 0 Å². The summed E-state index contributed by atoms with van der Waals surface area (Å²) in [4.78, 5) is 0. The first kappa shape index (κ1) is 14.3. The third-order valence-electron chi connectivity index (χ3n) is 2.22. The standard InChI is InChI=1S/C10H23O3P/c11-10(12,13)8-6-4-2-1-3-5-7-9-14/h11-13H,1-9,14H2.